The number of hydrogen-bond donors (Lipinski definition) is 2. The number of aliphatic carboxylic acids is 1. The molecule has 2 rings (SSSR count). The van der Waals surface area contributed by atoms with Crippen molar-refractivity contribution >= 4 is 5.97 Å². The summed E-state index contributed by atoms with van der Waals surface area (Å²) in [4.78, 5) is 11.3. The van der Waals surface area contributed by atoms with Gasteiger partial charge in [0.05, 0.1) is 11.6 Å². The lowest BCUT2D eigenvalue weighted by Crippen LogP contribution is -2.54. The third kappa shape index (κ3) is 1.26. The van der Waals surface area contributed by atoms with Gasteiger partial charge in [-0.1, -0.05) is 0 Å². The Hall–Kier alpha value is -1.36. The molecule has 1 saturated carbocycles. The molecule has 5 nitrogen and oxygen atoms in total. The molecular formula is C10H15N3O2. The average Bonchev–Trinajstić information content (AvgIpc) is 2.42. The molecule has 0 saturated heterocycles. The van der Waals surface area contributed by atoms with Crippen LogP contribution in [0.1, 0.15) is 24.1 Å². The second-order valence-electron chi connectivity index (χ2n) is 4.32. The smallest absolute Gasteiger partial charge is 0.314 e. The molecule has 0 unspecified atom stereocenters. The monoisotopic (exact) mass is 209 g/mol. The molecule has 1 fully saturated rings. The number of aromatic nitrogens is 2. The van der Waals surface area contributed by atoms with E-state index in [2.05, 4.69) is 5.10 Å². The minimum Gasteiger partial charge on any atom is -0.481 e. The van der Waals surface area contributed by atoms with E-state index in [-0.39, 0.29) is 6.04 Å². The standard InChI is InChI=1S/C10H15N3O2/c1-6-8(5-12-13(6)2)10(9(14)15)3-7(11)4-10/h5,7H,3-4,11H2,1-2H3,(H,14,15). The van der Waals surface area contributed by atoms with Crippen LogP contribution in [-0.4, -0.2) is 26.9 Å². The molecule has 0 aliphatic heterocycles. The van der Waals surface area contributed by atoms with E-state index in [9.17, 15) is 9.90 Å². The van der Waals surface area contributed by atoms with Gasteiger partial charge in [-0.15, -0.1) is 0 Å². The van der Waals surface area contributed by atoms with E-state index in [4.69, 9.17) is 5.73 Å². The molecule has 1 aromatic rings. The molecule has 0 spiro atoms. The second kappa shape index (κ2) is 3.06. The van der Waals surface area contributed by atoms with E-state index in [1.54, 1.807) is 10.9 Å². The van der Waals surface area contributed by atoms with Crippen LogP contribution < -0.4 is 5.73 Å². The van der Waals surface area contributed by atoms with Gasteiger partial charge < -0.3 is 10.8 Å². The summed E-state index contributed by atoms with van der Waals surface area (Å²) in [5.41, 5.74) is 6.61. The van der Waals surface area contributed by atoms with Crippen molar-refractivity contribution < 1.29 is 9.90 Å². The van der Waals surface area contributed by atoms with Gasteiger partial charge >= 0.3 is 5.97 Å². The summed E-state index contributed by atoms with van der Waals surface area (Å²) in [6, 6.07) is 0.000654. The highest BCUT2D eigenvalue weighted by Gasteiger charge is 2.52. The maximum absolute atomic E-state index is 11.3. The van der Waals surface area contributed by atoms with Crippen molar-refractivity contribution in [2.24, 2.45) is 12.8 Å². The van der Waals surface area contributed by atoms with Crippen LogP contribution in [0.25, 0.3) is 0 Å². The number of carboxylic acid groups (broad SMARTS) is 1. The normalized spacial score (nSPS) is 29.9. The molecule has 3 N–H and O–H groups in total. The van der Waals surface area contributed by atoms with Crippen molar-refractivity contribution in [3.63, 3.8) is 0 Å². The van der Waals surface area contributed by atoms with Gasteiger partial charge in [0.25, 0.3) is 0 Å². The molecule has 5 heteroatoms. The first kappa shape index (κ1) is 10.2. The highest BCUT2D eigenvalue weighted by atomic mass is 16.4. The fourth-order valence-corrected chi connectivity index (χ4v) is 2.31. The molecule has 15 heavy (non-hydrogen) atoms. The van der Waals surface area contributed by atoms with E-state index >= 15 is 0 Å². The zero-order chi connectivity index (χ0) is 11.2. The summed E-state index contributed by atoms with van der Waals surface area (Å²) < 4.78 is 1.70. The number of carboxylic acids is 1. The molecular weight excluding hydrogens is 194 g/mol. The lowest BCUT2D eigenvalue weighted by atomic mass is 9.62. The van der Waals surface area contributed by atoms with Crippen LogP contribution in [0.15, 0.2) is 6.20 Å². The second-order valence-corrected chi connectivity index (χ2v) is 4.32. The van der Waals surface area contributed by atoms with E-state index in [0.717, 1.165) is 11.3 Å². The molecule has 0 aromatic carbocycles. The minimum atomic E-state index is -0.794. The Morgan fingerprint density at radius 3 is 2.67 bits per heavy atom. The van der Waals surface area contributed by atoms with Gasteiger partial charge in [0.15, 0.2) is 0 Å². The summed E-state index contributed by atoms with van der Waals surface area (Å²) in [6.07, 6.45) is 2.67. The Balaban J connectivity index is 2.43. The molecule has 82 valence electrons. The predicted octanol–water partition coefficient (Wildman–Crippen LogP) is 0.172. The lowest BCUT2D eigenvalue weighted by Gasteiger charge is -2.42. The van der Waals surface area contributed by atoms with E-state index in [1.807, 2.05) is 14.0 Å². The summed E-state index contributed by atoms with van der Waals surface area (Å²) in [5, 5.41) is 13.4. The third-order valence-corrected chi connectivity index (χ3v) is 3.38. The highest BCUT2D eigenvalue weighted by Crippen LogP contribution is 2.44. The van der Waals surface area contributed by atoms with Crippen LogP contribution in [0.5, 0.6) is 0 Å². The third-order valence-electron chi connectivity index (χ3n) is 3.38. The fourth-order valence-electron chi connectivity index (χ4n) is 2.31. The van der Waals surface area contributed by atoms with Gasteiger partial charge in [0, 0.05) is 24.3 Å². The molecule has 1 heterocycles. The molecule has 0 radical (unpaired) electrons. The van der Waals surface area contributed by atoms with Gasteiger partial charge in [-0.2, -0.15) is 5.10 Å². The van der Waals surface area contributed by atoms with Crippen LogP contribution in [-0.2, 0) is 17.3 Å². The Kier molecular flexibility index (Phi) is 2.08. The molecule has 1 aliphatic carbocycles. The maximum Gasteiger partial charge on any atom is 0.314 e. The largest absolute Gasteiger partial charge is 0.481 e. The SMILES string of the molecule is Cc1c(C2(C(=O)O)CC(N)C2)cnn1C. The topological polar surface area (TPSA) is 81.1 Å². The van der Waals surface area contributed by atoms with Gasteiger partial charge in [-0.25, -0.2) is 0 Å². The molecule has 0 amide bonds. The number of aryl methyl sites for hydroxylation is 1. The summed E-state index contributed by atoms with van der Waals surface area (Å²) in [5.74, 6) is -0.791. The first-order valence-corrected chi connectivity index (χ1v) is 4.95. The summed E-state index contributed by atoms with van der Waals surface area (Å²) in [6.45, 7) is 1.89. The predicted molar refractivity (Wildman–Crippen MR) is 54.5 cm³/mol. The molecule has 0 atom stereocenters. The van der Waals surface area contributed by atoms with Crippen LogP contribution in [0, 0.1) is 6.92 Å². The van der Waals surface area contributed by atoms with Crippen molar-refractivity contribution in [2.75, 3.05) is 0 Å². The number of rotatable bonds is 2. The lowest BCUT2D eigenvalue weighted by molar-refractivity contribution is -0.148. The van der Waals surface area contributed by atoms with E-state index < -0.39 is 11.4 Å². The summed E-state index contributed by atoms with van der Waals surface area (Å²) in [7, 11) is 1.81. The Labute approximate surface area is 87.9 Å². The van der Waals surface area contributed by atoms with Crippen molar-refractivity contribution in [2.45, 2.75) is 31.2 Å². The number of nitrogens with two attached hydrogens (primary N) is 1. The molecule has 0 bridgehead atoms. The first-order valence-electron chi connectivity index (χ1n) is 4.95. The average molecular weight is 209 g/mol. The number of carbonyl (C=O) groups is 1. The van der Waals surface area contributed by atoms with Gasteiger partial charge in [0.1, 0.15) is 0 Å². The Bertz CT molecular complexity index is 405. The Morgan fingerprint density at radius 1 is 1.73 bits per heavy atom. The van der Waals surface area contributed by atoms with Crippen LogP contribution in [0.4, 0.5) is 0 Å². The van der Waals surface area contributed by atoms with Crippen molar-refractivity contribution in [3.8, 4) is 0 Å². The number of hydrogen-bond acceptors (Lipinski definition) is 3. The van der Waals surface area contributed by atoms with E-state index in [0.29, 0.717) is 12.8 Å². The van der Waals surface area contributed by atoms with Gasteiger partial charge in [0.2, 0.25) is 0 Å². The fraction of sp³-hybridized carbons (Fsp3) is 0.600. The van der Waals surface area contributed by atoms with Crippen molar-refractivity contribution in [3.05, 3.63) is 17.5 Å². The van der Waals surface area contributed by atoms with Gasteiger partial charge in [-0.3, -0.25) is 9.48 Å². The number of nitrogens with zero attached hydrogens (tertiary/aromatic N) is 2. The van der Waals surface area contributed by atoms with Crippen LogP contribution in [0.2, 0.25) is 0 Å². The first-order chi connectivity index (χ1) is 6.97. The molecule has 1 aliphatic rings. The molecule has 1 aromatic heterocycles. The Morgan fingerprint density at radius 2 is 2.33 bits per heavy atom. The van der Waals surface area contributed by atoms with E-state index in [1.165, 1.54) is 0 Å². The minimum absolute atomic E-state index is 0.000654. The van der Waals surface area contributed by atoms with Crippen molar-refractivity contribution in [1.29, 1.82) is 0 Å². The van der Waals surface area contributed by atoms with Crippen molar-refractivity contribution in [1.82, 2.24) is 9.78 Å². The zero-order valence-corrected chi connectivity index (χ0v) is 8.90. The maximum atomic E-state index is 11.3. The highest BCUT2D eigenvalue weighted by molar-refractivity contribution is 5.83. The van der Waals surface area contributed by atoms with Gasteiger partial charge in [-0.05, 0) is 19.8 Å². The zero-order valence-electron chi connectivity index (χ0n) is 8.90. The van der Waals surface area contributed by atoms with Crippen LogP contribution >= 0.6 is 0 Å². The summed E-state index contributed by atoms with van der Waals surface area (Å²) >= 11 is 0. The quantitative estimate of drug-likeness (QED) is 0.727. The van der Waals surface area contributed by atoms with Crippen LogP contribution in [0.3, 0.4) is 0 Å².